The molecule has 2 aromatic heterocycles. The zero-order valence-corrected chi connectivity index (χ0v) is 18.1. The number of nitrogens with zero attached hydrogens (tertiary/aromatic N) is 1. The Morgan fingerprint density at radius 2 is 2.03 bits per heavy atom. The van der Waals surface area contributed by atoms with E-state index < -0.39 is 0 Å². The van der Waals surface area contributed by atoms with Crippen molar-refractivity contribution in [1.29, 1.82) is 0 Å². The van der Waals surface area contributed by atoms with Crippen molar-refractivity contribution in [2.24, 2.45) is 0 Å². The van der Waals surface area contributed by atoms with Crippen molar-refractivity contribution in [2.75, 3.05) is 13.7 Å². The minimum atomic E-state index is -0.290. The minimum Gasteiger partial charge on any atom is -0.507 e. The van der Waals surface area contributed by atoms with Crippen LogP contribution in [-0.4, -0.2) is 34.6 Å². The average Bonchev–Trinajstić information content (AvgIpc) is 3.16. The number of H-pyrrole nitrogens is 1. The number of allylic oxidation sites excluding steroid dienone is 3. The molecule has 0 fully saturated rings. The van der Waals surface area contributed by atoms with Crippen LogP contribution in [0.5, 0.6) is 5.75 Å². The van der Waals surface area contributed by atoms with E-state index in [1.165, 1.54) is 6.07 Å². The van der Waals surface area contributed by atoms with Gasteiger partial charge in [0.2, 0.25) is 0 Å². The SMILES string of the molecule is C/C=C(\C)OC.C/C=C/c1c[nH]c2ncc(-c3ccc(O)c(C(=O)NCC)c3)cc12. The van der Waals surface area contributed by atoms with Crippen molar-refractivity contribution in [3.63, 3.8) is 0 Å². The van der Waals surface area contributed by atoms with Crippen LogP contribution in [0.2, 0.25) is 0 Å². The predicted molar refractivity (Wildman–Crippen MR) is 122 cm³/mol. The molecule has 3 N–H and O–H groups in total. The van der Waals surface area contributed by atoms with Crippen LogP contribution in [0.1, 0.15) is 43.6 Å². The molecule has 0 radical (unpaired) electrons. The monoisotopic (exact) mass is 407 g/mol. The van der Waals surface area contributed by atoms with E-state index in [0.717, 1.165) is 33.5 Å². The Morgan fingerprint density at radius 3 is 2.63 bits per heavy atom. The first kappa shape index (κ1) is 22.7. The zero-order valence-electron chi connectivity index (χ0n) is 18.1. The molecule has 0 saturated heterocycles. The molecule has 30 heavy (non-hydrogen) atoms. The molecule has 158 valence electrons. The number of methoxy groups -OCH3 is 1. The molecule has 3 aromatic rings. The van der Waals surface area contributed by atoms with Gasteiger partial charge in [-0.2, -0.15) is 0 Å². The van der Waals surface area contributed by atoms with Crippen molar-refractivity contribution in [2.45, 2.75) is 27.7 Å². The lowest BCUT2D eigenvalue weighted by Gasteiger charge is -2.08. The second-order valence-electron chi connectivity index (χ2n) is 6.56. The molecule has 0 atom stereocenters. The van der Waals surface area contributed by atoms with Crippen LogP contribution in [0.3, 0.4) is 0 Å². The zero-order chi connectivity index (χ0) is 22.1. The number of aromatic amines is 1. The number of nitrogens with one attached hydrogen (secondary N) is 2. The number of aromatic hydroxyl groups is 1. The van der Waals surface area contributed by atoms with Crippen molar-refractivity contribution in [1.82, 2.24) is 15.3 Å². The van der Waals surface area contributed by atoms with Gasteiger partial charge in [0.05, 0.1) is 18.4 Å². The fourth-order valence-corrected chi connectivity index (χ4v) is 2.77. The summed E-state index contributed by atoms with van der Waals surface area (Å²) in [6.07, 6.45) is 9.58. The van der Waals surface area contributed by atoms with Crippen molar-refractivity contribution in [3.8, 4) is 16.9 Å². The predicted octanol–water partition coefficient (Wildman–Crippen LogP) is 5.27. The van der Waals surface area contributed by atoms with Crippen LogP contribution in [0, 0.1) is 0 Å². The molecule has 6 heteroatoms. The van der Waals surface area contributed by atoms with Gasteiger partial charge in [0.1, 0.15) is 11.4 Å². The number of pyridine rings is 1. The summed E-state index contributed by atoms with van der Waals surface area (Å²) in [7, 11) is 1.66. The Kier molecular flexibility index (Phi) is 8.23. The fraction of sp³-hybridized carbons (Fsp3) is 0.250. The van der Waals surface area contributed by atoms with Crippen molar-refractivity contribution < 1.29 is 14.6 Å². The molecule has 0 unspecified atom stereocenters. The lowest BCUT2D eigenvalue weighted by atomic mass is 10.0. The Balaban J connectivity index is 0.000000469. The van der Waals surface area contributed by atoms with Gasteiger partial charge < -0.3 is 20.1 Å². The van der Waals surface area contributed by atoms with Gasteiger partial charge in [-0.05, 0) is 51.5 Å². The van der Waals surface area contributed by atoms with Crippen LogP contribution in [0.15, 0.2) is 54.6 Å². The molecule has 0 spiro atoms. The van der Waals surface area contributed by atoms with E-state index >= 15 is 0 Å². The van der Waals surface area contributed by atoms with Gasteiger partial charge in [-0.1, -0.05) is 24.3 Å². The molecule has 0 saturated carbocycles. The highest BCUT2D eigenvalue weighted by molar-refractivity contribution is 5.98. The fourth-order valence-electron chi connectivity index (χ4n) is 2.77. The Bertz CT molecular complexity index is 1060. The van der Waals surface area contributed by atoms with Crippen LogP contribution in [0.25, 0.3) is 28.2 Å². The first-order valence-electron chi connectivity index (χ1n) is 9.83. The van der Waals surface area contributed by atoms with Gasteiger partial charge in [0, 0.05) is 35.5 Å². The van der Waals surface area contributed by atoms with Gasteiger partial charge in [0.25, 0.3) is 5.91 Å². The smallest absolute Gasteiger partial charge is 0.255 e. The highest BCUT2D eigenvalue weighted by Gasteiger charge is 2.13. The molecular weight excluding hydrogens is 378 g/mol. The third-order valence-corrected chi connectivity index (χ3v) is 4.55. The standard InChI is InChI=1S/C19H19N3O2.C5H10O/c1-3-5-13-10-21-18-15(13)9-14(11-22-18)12-6-7-17(23)16(8-12)19(24)20-4-2;1-4-5(2)6-3/h3,5-11,23H,4H2,1-2H3,(H,20,24)(H,21,22);4H,1-3H3/b5-3+;5-4+. The summed E-state index contributed by atoms with van der Waals surface area (Å²) in [5, 5.41) is 13.7. The first-order valence-corrected chi connectivity index (χ1v) is 9.83. The van der Waals surface area contributed by atoms with Gasteiger partial charge in [-0.3, -0.25) is 4.79 Å². The average molecular weight is 408 g/mol. The maximum absolute atomic E-state index is 12.1. The van der Waals surface area contributed by atoms with Gasteiger partial charge in [-0.25, -0.2) is 4.98 Å². The summed E-state index contributed by atoms with van der Waals surface area (Å²) in [5.41, 5.74) is 3.85. The molecule has 0 aliphatic carbocycles. The van der Waals surface area contributed by atoms with E-state index in [1.807, 2.05) is 58.2 Å². The Hall–Kier alpha value is -3.54. The lowest BCUT2D eigenvalue weighted by molar-refractivity contribution is 0.0953. The Morgan fingerprint density at radius 1 is 1.27 bits per heavy atom. The second-order valence-corrected chi connectivity index (χ2v) is 6.56. The van der Waals surface area contributed by atoms with Crippen molar-refractivity contribution >= 4 is 23.0 Å². The number of phenols is 1. The highest BCUT2D eigenvalue weighted by atomic mass is 16.5. The summed E-state index contributed by atoms with van der Waals surface area (Å²) < 4.78 is 4.76. The number of carbonyl (C=O) groups is 1. The molecule has 6 nitrogen and oxygen atoms in total. The first-order chi connectivity index (χ1) is 14.4. The van der Waals surface area contributed by atoms with E-state index in [2.05, 4.69) is 15.3 Å². The van der Waals surface area contributed by atoms with Crippen LogP contribution in [0.4, 0.5) is 0 Å². The quantitative estimate of drug-likeness (QED) is 0.503. The van der Waals surface area contributed by atoms with E-state index in [4.69, 9.17) is 4.74 Å². The number of carbonyl (C=O) groups excluding carboxylic acids is 1. The lowest BCUT2D eigenvalue weighted by Crippen LogP contribution is -2.22. The number of fused-ring (bicyclic) bond motifs is 1. The number of rotatable bonds is 5. The summed E-state index contributed by atoms with van der Waals surface area (Å²) in [6.45, 7) is 8.17. The normalized spacial score (nSPS) is 11.3. The second kappa shape index (κ2) is 10.9. The third kappa shape index (κ3) is 5.50. The summed E-state index contributed by atoms with van der Waals surface area (Å²) in [5.74, 6) is 0.645. The van der Waals surface area contributed by atoms with Crippen LogP contribution >= 0.6 is 0 Å². The highest BCUT2D eigenvalue weighted by Crippen LogP contribution is 2.29. The number of hydrogen-bond donors (Lipinski definition) is 3. The van der Waals surface area contributed by atoms with E-state index in [-0.39, 0.29) is 17.2 Å². The summed E-state index contributed by atoms with van der Waals surface area (Å²) in [6, 6.07) is 7.03. The van der Waals surface area contributed by atoms with Crippen LogP contribution < -0.4 is 5.32 Å². The molecule has 2 heterocycles. The molecule has 1 amide bonds. The Labute approximate surface area is 177 Å². The van der Waals surface area contributed by atoms with Gasteiger partial charge in [0.15, 0.2) is 0 Å². The number of ether oxygens (including phenoxy) is 1. The number of benzene rings is 1. The molecule has 0 aliphatic heterocycles. The maximum Gasteiger partial charge on any atom is 0.255 e. The largest absolute Gasteiger partial charge is 0.507 e. The summed E-state index contributed by atoms with van der Waals surface area (Å²) >= 11 is 0. The van der Waals surface area contributed by atoms with Crippen molar-refractivity contribution in [3.05, 3.63) is 65.7 Å². The van der Waals surface area contributed by atoms with E-state index in [9.17, 15) is 9.90 Å². The number of amides is 1. The third-order valence-electron chi connectivity index (χ3n) is 4.55. The van der Waals surface area contributed by atoms with Crippen LogP contribution in [-0.2, 0) is 4.74 Å². The molecule has 0 aliphatic rings. The van der Waals surface area contributed by atoms with E-state index in [0.29, 0.717) is 6.54 Å². The number of phenolic OH excluding ortho intramolecular Hbond substituents is 1. The van der Waals surface area contributed by atoms with Gasteiger partial charge in [-0.15, -0.1) is 0 Å². The topological polar surface area (TPSA) is 87.2 Å². The maximum atomic E-state index is 12.1. The van der Waals surface area contributed by atoms with E-state index in [1.54, 1.807) is 25.4 Å². The number of hydrogen-bond acceptors (Lipinski definition) is 4. The molecule has 1 aromatic carbocycles. The summed E-state index contributed by atoms with van der Waals surface area (Å²) in [4.78, 5) is 19.6. The molecular formula is C24H29N3O3. The molecule has 0 bridgehead atoms. The van der Waals surface area contributed by atoms with Gasteiger partial charge >= 0.3 is 0 Å². The number of aromatic nitrogens is 2. The minimum absolute atomic E-state index is 0.0324. The molecule has 3 rings (SSSR count).